The van der Waals surface area contributed by atoms with Crippen molar-refractivity contribution in [2.45, 2.75) is 50.3 Å². The molecule has 0 aliphatic heterocycles. The number of hydrogen-bond acceptors (Lipinski definition) is 4. The molecule has 8 nitrogen and oxygen atoms in total. The third kappa shape index (κ3) is 4.95. The number of hydrogen-bond donors (Lipinski definition) is 3. The molecule has 4 aromatic rings. The highest BCUT2D eigenvalue weighted by Crippen LogP contribution is 2.41. The average molecular weight is 582 g/mol. The first-order valence-corrected chi connectivity index (χ1v) is 13.2. The Hall–Kier alpha value is -4.80. The van der Waals surface area contributed by atoms with Gasteiger partial charge in [-0.3, -0.25) is 9.59 Å². The number of ether oxygens (including phenoxy) is 1. The Morgan fingerprint density at radius 1 is 0.833 bits per heavy atom. The monoisotopic (exact) mass is 581 g/mol. The number of aromatic nitrogens is 1. The highest BCUT2D eigenvalue weighted by Gasteiger charge is 2.49. The van der Waals surface area contributed by atoms with Gasteiger partial charge in [0.05, 0.1) is 17.2 Å². The lowest BCUT2D eigenvalue weighted by molar-refractivity contribution is -0.156. The molecule has 1 aliphatic carbocycles. The van der Waals surface area contributed by atoms with E-state index >= 15 is 0 Å². The number of alkyl halides is 3. The minimum atomic E-state index is -4.55. The van der Waals surface area contributed by atoms with Crippen LogP contribution in [0.4, 0.5) is 13.2 Å². The molecular weight excluding hydrogens is 555 g/mol. The van der Waals surface area contributed by atoms with Gasteiger partial charge in [0.1, 0.15) is 11.4 Å². The second kappa shape index (κ2) is 10.6. The van der Waals surface area contributed by atoms with Crippen LogP contribution in [0.5, 0.6) is 5.75 Å². The quantitative estimate of drug-likeness (QED) is 0.196. The van der Waals surface area contributed by atoms with Crippen LogP contribution < -0.4 is 4.74 Å². The van der Waals surface area contributed by atoms with Crippen molar-refractivity contribution in [2.24, 2.45) is 0 Å². The highest BCUT2D eigenvalue weighted by atomic mass is 19.4. The van der Waals surface area contributed by atoms with Crippen LogP contribution in [-0.4, -0.2) is 43.9 Å². The number of rotatable bonds is 8. The summed E-state index contributed by atoms with van der Waals surface area (Å²) < 4.78 is 46.6. The van der Waals surface area contributed by atoms with E-state index in [1.807, 2.05) is 0 Å². The van der Waals surface area contributed by atoms with Crippen LogP contribution in [0, 0.1) is 0 Å². The molecule has 1 aliphatic rings. The number of aliphatic carboxylic acids is 2. The van der Waals surface area contributed by atoms with Gasteiger partial charge in [0.25, 0.3) is 0 Å². The first-order valence-electron chi connectivity index (χ1n) is 13.2. The first-order chi connectivity index (χ1) is 19.8. The van der Waals surface area contributed by atoms with Gasteiger partial charge in [-0.1, -0.05) is 18.2 Å². The van der Waals surface area contributed by atoms with Crippen LogP contribution in [0.1, 0.15) is 54.2 Å². The fourth-order valence-corrected chi connectivity index (χ4v) is 5.48. The van der Waals surface area contributed by atoms with Crippen molar-refractivity contribution in [1.82, 2.24) is 4.57 Å². The normalized spacial score (nSPS) is 14.3. The predicted molar refractivity (Wildman–Crippen MR) is 146 cm³/mol. The lowest BCUT2D eigenvalue weighted by atomic mass is 9.80. The zero-order valence-electron chi connectivity index (χ0n) is 22.3. The van der Waals surface area contributed by atoms with Crippen LogP contribution in [0.15, 0.2) is 66.7 Å². The predicted octanol–water partition coefficient (Wildman–Crippen LogP) is 6.76. The van der Waals surface area contributed by atoms with Crippen molar-refractivity contribution >= 4 is 28.8 Å². The molecule has 218 valence electrons. The van der Waals surface area contributed by atoms with E-state index in [2.05, 4.69) is 0 Å². The summed E-state index contributed by atoms with van der Waals surface area (Å²) in [5.41, 5.74) is -3.37. The van der Waals surface area contributed by atoms with Crippen molar-refractivity contribution < 1.29 is 47.6 Å². The van der Waals surface area contributed by atoms with Crippen LogP contribution in [0.25, 0.3) is 27.7 Å². The van der Waals surface area contributed by atoms with E-state index in [0.717, 1.165) is 44.7 Å². The van der Waals surface area contributed by atoms with Crippen LogP contribution in [-0.2, 0) is 21.2 Å². The second-order valence-corrected chi connectivity index (χ2v) is 10.4. The summed E-state index contributed by atoms with van der Waals surface area (Å²) in [6, 6.07) is 15.2. The Balaban J connectivity index is 1.73. The minimum Gasteiger partial charge on any atom is -0.490 e. The molecule has 3 N–H and O–H groups in total. The van der Waals surface area contributed by atoms with Gasteiger partial charge < -0.3 is 24.6 Å². The summed E-state index contributed by atoms with van der Waals surface area (Å²) in [6.45, 7) is 0.909. The number of halogens is 3. The Kier molecular flexibility index (Phi) is 7.21. The van der Waals surface area contributed by atoms with Gasteiger partial charge in [0.2, 0.25) is 0 Å². The molecule has 0 radical (unpaired) electrons. The van der Waals surface area contributed by atoms with E-state index in [4.69, 9.17) is 4.74 Å². The summed E-state index contributed by atoms with van der Waals surface area (Å²) in [5, 5.41) is 30.5. The summed E-state index contributed by atoms with van der Waals surface area (Å²) >= 11 is 0. The van der Waals surface area contributed by atoms with Gasteiger partial charge in [-0.05, 0) is 92.3 Å². The topological polar surface area (TPSA) is 126 Å². The Morgan fingerprint density at radius 3 is 1.93 bits per heavy atom. The van der Waals surface area contributed by atoms with Crippen LogP contribution in [0.3, 0.4) is 0 Å². The molecule has 0 unspecified atom stereocenters. The molecule has 0 bridgehead atoms. The Bertz CT molecular complexity index is 1670. The Labute approximate surface area is 237 Å². The van der Waals surface area contributed by atoms with Gasteiger partial charge >= 0.3 is 24.1 Å². The standard InChI is InChI=1S/C31H26F3NO7/c1-30(28(38)39,29(40)41)25-23-16-18(17-6-9-19(10-7-17)31(32,33)34)8-15-24(23)35(26(25)27(36)37)20-11-13-22(14-12-20)42-21-4-2-3-5-21/h6-16,21H,2-5H2,1H3,(H,36,37)(H,38,39)(H,40,41). The summed E-state index contributed by atoms with van der Waals surface area (Å²) in [7, 11) is 0. The summed E-state index contributed by atoms with van der Waals surface area (Å²) in [4.78, 5) is 37.6. The van der Waals surface area contributed by atoms with Crippen LogP contribution in [0.2, 0.25) is 0 Å². The molecule has 1 heterocycles. The van der Waals surface area contributed by atoms with Crippen molar-refractivity contribution in [3.63, 3.8) is 0 Å². The van der Waals surface area contributed by atoms with Gasteiger partial charge in [-0.15, -0.1) is 0 Å². The number of benzene rings is 3. The molecule has 0 saturated heterocycles. The average Bonchev–Trinajstić information content (AvgIpc) is 3.58. The minimum absolute atomic E-state index is 0.0170. The summed E-state index contributed by atoms with van der Waals surface area (Å²) in [5.74, 6) is -4.55. The number of carboxylic acid groups (broad SMARTS) is 3. The molecule has 1 aromatic heterocycles. The molecule has 0 atom stereocenters. The maximum Gasteiger partial charge on any atom is 0.416 e. The molecule has 0 amide bonds. The fraction of sp³-hybridized carbons (Fsp3) is 0.258. The number of carboxylic acids is 3. The van der Waals surface area contributed by atoms with Crippen molar-refractivity contribution in [1.29, 1.82) is 0 Å². The van der Waals surface area contributed by atoms with Gasteiger partial charge in [-0.2, -0.15) is 13.2 Å². The third-order valence-electron chi connectivity index (χ3n) is 7.77. The van der Waals surface area contributed by atoms with E-state index in [-0.39, 0.29) is 17.0 Å². The second-order valence-electron chi connectivity index (χ2n) is 10.4. The zero-order chi connectivity index (χ0) is 30.4. The van der Waals surface area contributed by atoms with Gasteiger partial charge in [0, 0.05) is 16.6 Å². The lowest BCUT2D eigenvalue weighted by Crippen LogP contribution is -2.42. The first kappa shape index (κ1) is 28.7. The zero-order valence-corrected chi connectivity index (χ0v) is 22.3. The molecule has 0 spiro atoms. The number of fused-ring (bicyclic) bond motifs is 1. The molecular formula is C31H26F3NO7. The smallest absolute Gasteiger partial charge is 0.416 e. The maximum absolute atomic E-state index is 13.1. The van der Waals surface area contributed by atoms with E-state index in [9.17, 15) is 42.9 Å². The summed E-state index contributed by atoms with van der Waals surface area (Å²) in [6.07, 6.45) is -0.459. The van der Waals surface area contributed by atoms with Crippen LogP contribution >= 0.6 is 0 Å². The molecule has 5 rings (SSSR count). The molecule has 3 aromatic carbocycles. The van der Waals surface area contributed by atoms with Gasteiger partial charge in [-0.25, -0.2) is 4.79 Å². The van der Waals surface area contributed by atoms with E-state index in [0.29, 0.717) is 22.6 Å². The molecule has 42 heavy (non-hydrogen) atoms. The van der Waals surface area contributed by atoms with E-state index < -0.39 is 46.3 Å². The van der Waals surface area contributed by atoms with Gasteiger partial charge in [0.15, 0.2) is 5.41 Å². The number of aromatic carboxylic acids is 1. The van der Waals surface area contributed by atoms with E-state index in [1.165, 1.54) is 28.8 Å². The van der Waals surface area contributed by atoms with Crippen molar-refractivity contribution in [2.75, 3.05) is 0 Å². The number of nitrogens with zero attached hydrogens (tertiary/aromatic N) is 1. The largest absolute Gasteiger partial charge is 0.490 e. The molecule has 11 heteroatoms. The lowest BCUT2D eigenvalue weighted by Gasteiger charge is -2.21. The van der Waals surface area contributed by atoms with Crippen molar-refractivity contribution in [3.05, 3.63) is 83.6 Å². The van der Waals surface area contributed by atoms with E-state index in [1.54, 1.807) is 30.3 Å². The molecule has 1 saturated carbocycles. The third-order valence-corrected chi connectivity index (χ3v) is 7.77. The highest BCUT2D eigenvalue weighted by molar-refractivity contribution is 6.13. The van der Waals surface area contributed by atoms with Crippen molar-refractivity contribution in [3.8, 4) is 22.6 Å². The fourth-order valence-electron chi connectivity index (χ4n) is 5.48. The number of carbonyl (C=O) groups is 3. The SMILES string of the molecule is CC(C(=O)O)(C(=O)O)c1c(C(=O)O)n(-c2ccc(OC3CCCC3)cc2)c2ccc(-c3ccc(C(F)(F)F)cc3)cc12. The Morgan fingerprint density at radius 2 is 1.40 bits per heavy atom. The molecule has 1 fully saturated rings. The maximum atomic E-state index is 13.1.